The molecule has 0 saturated heterocycles. The van der Waals surface area contributed by atoms with E-state index < -0.39 is 16.0 Å². The van der Waals surface area contributed by atoms with Gasteiger partial charge in [0.05, 0.1) is 26.9 Å². The van der Waals surface area contributed by atoms with E-state index >= 15 is 0 Å². The Bertz CT molecular complexity index is 1330. The highest BCUT2D eigenvalue weighted by molar-refractivity contribution is 14.1. The minimum absolute atomic E-state index is 0.0293. The Hall–Kier alpha value is -2.34. The standard InChI is InChI=1S/C22H17Cl2IN2O5S/c1-13-3-6-16(7-4-13)33(29,30)32-21-19(25)9-14(10-20(21)31-2)12-26-27-22(28)15-5-8-17(23)18(24)11-15/h3-12H,1-2H3,(H,27,28)/b26-12-. The number of amides is 1. The van der Waals surface area contributed by atoms with Crippen molar-refractivity contribution in [2.75, 3.05) is 7.11 Å². The van der Waals surface area contributed by atoms with E-state index in [2.05, 4.69) is 10.5 Å². The van der Waals surface area contributed by atoms with Crippen molar-refractivity contribution in [1.82, 2.24) is 5.43 Å². The van der Waals surface area contributed by atoms with E-state index in [0.717, 1.165) is 5.56 Å². The van der Waals surface area contributed by atoms with Crippen molar-refractivity contribution in [3.63, 3.8) is 0 Å². The van der Waals surface area contributed by atoms with Crippen LogP contribution in [0.2, 0.25) is 10.0 Å². The number of hydrogen-bond donors (Lipinski definition) is 1. The predicted octanol–water partition coefficient (Wildman–Crippen LogP) is 5.45. The molecule has 3 aromatic rings. The summed E-state index contributed by atoms with van der Waals surface area (Å²) in [4.78, 5) is 12.2. The molecular weight excluding hydrogens is 602 g/mol. The lowest BCUT2D eigenvalue weighted by molar-refractivity contribution is 0.0955. The number of rotatable bonds is 7. The molecule has 1 N–H and O–H groups in total. The summed E-state index contributed by atoms with van der Waals surface area (Å²) in [5.74, 6) is -0.235. The van der Waals surface area contributed by atoms with Gasteiger partial charge in [-0.1, -0.05) is 40.9 Å². The first-order valence-electron chi connectivity index (χ1n) is 9.28. The quantitative estimate of drug-likeness (QED) is 0.165. The van der Waals surface area contributed by atoms with Gasteiger partial charge in [0.1, 0.15) is 4.90 Å². The molecule has 0 bridgehead atoms. The maximum Gasteiger partial charge on any atom is 0.339 e. The molecule has 1 amide bonds. The molecule has 0 spiro atoms. The number of nitrogens with zero attached hydrogens (tertiary/aromatic N) is 1. The third-order valence-corrected chi connectivity index (χ3v) is 7.09. The van der Waals surface area contributed by atoms with Gasteiger partial charge in [-0.05, 0) is 77.5 Å². The molecule has 0 saturated carbocycles. The summed E-state index contributed by atoms with van der Waals surface area (Å²) in [7, 11) is -2.67. The number of halogens is 3. The zero-order valence-corrected chi connectivity index (χ0v) is 21.8. The smallest absolute Gasteiger partial charge is 0.339 e. The third-order valence-electron chi connectivity index (χ3n) is 4.32. The first-order valence-corrected chi connectivity index (χ1v) is 12.5. The Morgan fingerprint density at radius 2 is 1.76 bits per heavy atom. The van der Waals surface area contributed by atoms with Crippen molar-refractivity contribution in [2.24, 2.45) is 5.10 Å². The topological polar surface area (TPSA) is 94.1 Å². The van der Waals surface area contributed by atoms with Gasteiger partial charge >= 0.3 is 10.1 Å². The van der Waals surface area contributed by atoms with Crippen LogP contribution in [0.1, 0.15) is 21.5 Å². The molecule has 0 aliphatic heterocycles. The zero-order chi connectivity index (χ0) is 24.2. The van der Waals surface area contributed by atoms with Gasteiger partial charge in [0.2, 0.25) is 0 Å². The Morgan fingerprint density at radius 3 is 2.39 bits per heavy atom. The molecule has 0 aromatic heterocycles. The fourth-order valence-electron chi connectivity index (χ4n) is 2.63. The summed E-state index contributed by atoms with van der Waals surface area (Å²) in [6, 6.07) is 14.0. The highest BCUT2D eigenvalue weighted by Crippen LogP contribution is 2.35. The second-order valence-corrected chi connectivity index (χ2v) is 10.2. The highest BCUT2D eigenvalue weighted by Gasteiger charge is 2.22. The van der Waals surface area contributed by atoms with Crippen LogP contribution in [-0.2, 0) is 10.1 Å². The number of nitrogens with one attached hydrogen (secondary N) is 1. The third kappa shape index (κ3) is 6.38. The van der Waals surface area contributed by atoms with Gasteiger partial charge in [0, 0.05) is 5.56 Å². The van der Waals surface area contributed by atoms with Crippen LogP contribution < -0.4 is 14.3 Å². The van der Waals surface area contributed by atoms with Crippen molar-refractivity contribution in [3.8, 4) is 11.5 Å². The lowest BCUT2D eigenvalue weighted by Crippen LogP contribution is -2.17. The van der Waals surface area contributed by atoms with E-state index in [1.807, 2.05) is 29.5 Å². The summed E-state index contributed by atoms with van der Waals surface area (Å²) >= 11 is 13.7. The minimum atomic E-state index is -4.06. The van der Waals surface area contributed by atoms with Gasteiger partial charge < -0.3 is 8.92 Å². The van der Waals surface area contributed by atoms with Crippen LogP contribution in [0.3, 0.4) is 0 Å². The molecule has 33 heavy (non-hydrogen) atoms. The molecule has 0 unspecified atom stereocenters. The largest absolute Gasteiger partial charge is 0.493 e. The Morgan fingerprint density at radius 1 is 1.06 bits per heavy atom. The average Bonchev–Trinajstić information content (AvgIpc) is 2.77. The normalized spacial score (nSPS) is 11.4. The fourth-order valence-corrected chi connectivity index (χ4v) is 4.77. The maximum atomic E-state index is 12.7. The Labute approximate surface area is 215 Å². The highest BCUT2D eigenvalue weighted by atomic mass is 127. The molecular formula is C22H17Cl2IN2O5S. The number of benzene rings is 3. The van der Waals surface area contributed by atoms with E-state index in [1.165, 1.54) is 49.7 Å². The van der Waals surface area contributed by atoms with Crippen LogP contribution in [0, 0.1) is 10.5 Å². The van der Waals surface area contributed by atoms with Crippen molar-refractivity contribution in [3.05, 3.63) is 84.9 Å². The molecule has 11 heteroatoms. The zero-order valence-electron chi connectivity index (χ0n) is 17.3. The van der Waals surface area contributed by atoms with Crippen molar-refractivity contribution in [1.29, 1.82) is 0 Å². The molecule has 3 aromatic carbocycles. The number of aryl methyl sites for hydroxylation is 1. The Balaban J connectivity index is 1.79. The second-order valence-electron chi connectivity index (χ2n) is 6.71. The molecule has 0 fully saturated rings. The molecule has 0 atom stereocenters. The first kappa shape index (κ1) is 25.3. The maximum absolute atomic E-state index is 12.7. The summed E-state index contributed by atoms with van der Waals surface area (Å²) in [6.45, 7) is 1.86. The molecule has 0 aliphatic rings. The van der Waals surface area contributed by atoms with Crippen LogP contribution in [0.4, 0.5) is 0 Å². The van der Waals surface area contributed by atoms with Gasteiger partial charge in [0.25, 0.3) is 5.91 Å². The van der Waals surface area contributed by atoms with Gasteiger partial charge in [-0.3, -0.25) is 4.79 Å². The monoisotopic (exact) mass is 618 g/mol. The Kier molecular flexibility index (Phi) is 8.22. The van der Waals surface area contributed by atoms with Gasteiger partial charge in [-0.2, -0.15) is 13.5 Å². The number of hydrazone groups is 1. The van der Waals surface area contributed by atoms with Crippen LogP contribution in [0.25, 0.3) is 0 Å². The van der Waals surface area contributed by atoms with E-state index in [-0.39, 0.29) is 21.4 Å². The second kappa shape index (κ2) is 10.7. The van der Waals surface area contributed by atoms with Gasteiger partial charge in [0.15, 0.2) is 11.5 Å². The molecule has 0 heterocycles. The van der Waals surface area contributed by atoms with Crippen LogP contribution >= 0.6 is 45.8 Å². The number of carbonyl (C=O) groups is 1. The van der Waals surface area contributed by atoms with E-state index in [0.29, 0.717) is 19.7 Å². The average molecular weight is 619 g/mol. The van der Waals surface area contributed by atoms with Crippen LogP contribution in [0.5, 0.6) is 11.5 Å². The summed E-state index contributed by atoms with van der Waals surface area (Å²) in [5.41, 5.74) is 4.15. The van der Waals surface area contributed by atoms with Crippen molar-refractivity contribution < 1.29 is 22.1 Å². The van der Waals surface area contributed by atoms with Gasteiger partial charge in [-0.15, -0.1) is 0 Å². The number of carbonyl (C=O) groups excluding carboxylic acids is 1. The van der Waals surface area contributed by atoms with E-state index in [9.17, 15) is 13.2 Å². The van der Waals surface area contributed by atoms with Crippen LogP contribution in [0.15, 0.2) is 64.6 Å². The number of ether oxygens (including phenoxy) is 1. The molecule has 0 aliphatic carbocycles. The van der Waals surface area contributed by atoms with E-state index in [1.54, 1.807) is 18.2 Å². The number of hydrogen-bond acceptors (Lipinski definition) is 6. The molecule has 3 rings (SSSR count). The minimum Gasteiger partial charge on any atom is -0.493 e. The fraction of sp³-hybridized carbons (Fsp3) is 0.0909. The van der Waals surface area contributed by atoms with Crippen molar-refractivity contribution in [2.45, 2.75) is 11.8 Å². The number of methoxy groups -OCH3 is 1. The summed E-state index contributed by atoms with van der Waals surface area (Å²) in [6.07, 6.45) is 1.39. The SMILES string of the molecule is COc1cc(/C=N\NC(=O)c2ccc(Cl)c(Cl)c2)cc(I)c1OS(=O)(=O)c1ccc(C)cc1. The molecule has 172 valence electrons. The predicted molar refractivity (Wildman–Crippen MR) is 136 cm³/mol. The van der Waals surface area contributed by atoms with Gasteiger partial charge in [-0.25, -0.2) is 5.43 Å². The summed E-state index contributed by atoms with van der Waals surface area (Å²) in [5, 5.41) is 4.52. The first-order chi connectivity index (χ1) is 15.6. The summed E-state index contributed by atoms with van der Waals surface area (Å²) < 4.78 is 36.5. The van der Waals surface area contributed by atoms with E-state index in [4.69, 9.17) is 32.1 Å². The molecule has 7 nitrogen and oxygen atoms in total. The molecule has 0 radical (unpaired) electrons. The van der Waals surface area contributed by atoms with Crippen LogP contribution in [-0.4, -0.2) is 27.6 Å². The van der Waals surface area contributed by atoms with Crippen molar-refractivity contribution >= 4 is 68.0 Å². The lowest BCUT2D eigenvalue weighted by Gasteiger charge is -2.13. The lowest BCUT2D eigenvalue weighted by atomic mass is 10.2.